The van der Waals surface area contributed by atoms with Crippen molar-refractivity contribution in [2.24, 2.45) is 21.7 Å². The molecule has 14 heavy (non-hydrogen) atoms. The summed E-state index contributed by atoms with van der Waals surface area (Å²) in [5.74, 6) is 0.684. The van der Waals surface area contributed by atoms with E-state index in [4.69, 9.17) is 0 Å². The van der Waals surface area contributed by atoms with Gasteiger partial charge in [-0.15, -0.1) is 0 Å². The Morgan fingerprint density at radius 3 is 1.14 bits per heavy atom. The minimum Gasteiger partial charge on any atom is -0.298 e. The van der Waals surface area contributed by atoms with Gasteiger partial charge in [0.05, 0.1) is 0 Å². The highest BCUT2D eigenvalue weighted by Gasteiger charge is 2.87. The third-order valence-corrected chi connectivity index (χ3v) is 5.60. The molecule has 3 saturated carbocycles. The number of ketones is 2. The van der Waals surface area contributed by atoms with Gasteiger partial charge in [0.15, 0.2) is 0 Å². The molecule has 0 aromatic carbocycles. The molecule has 0 heterocycles. The van der Waals surface area contributed by atoms with Crippen molar-refractivity contribution in [2.45, 2.75) is 40.5 Å². The Hall–Kier alpha value is -0.660. The fourth-order valence-electron chi connectivity index (χ4n) is 3.87. The molecule has 0 radical (unpaired) electrons. The normalized spacial score (nSPS) is 64.6. The second-order valence-corrected chi connectivity index (χ2v) is 6.34. The summed E-state index contributed by atoms with van der Waals surface area (Å²) in [5.41, 5.74) is -1.30. The number of hydrogen-bond acceptors (Lipinski definition) is 2. The summed E-state index contributed by atoms with van der Waals surface area (Å²) >= 11 is 0. The predicted molar refractivity (Wildman–Crippen MR) is 51.7 cm³/mol. The average molecular weight is 192 g/mol. The molecule has 76 valence electrons. The van der Waals surface area contributed by atoms with Gasteiger partial charge in [-0.05, 0) is 12.8 Å². The van der Waals surface area contributed by atoms with Gasteiger partial charge in [0.1, 0.15) is 11.6 Å². The van der Waals surface area contributed by atoms with Crippen LogP contribution < -0.4 is 0 Å². The van der Waals surface area contributed by atoms with E-state index in [1.807, 2.05) is 27.7 Å². The highest BCUT2D eigenvalue weighted by atomic mass is 16.2. The number of rotatable bonds is 0. The molecule has 3 aliphatic carbocycles. The molecular weight excluding hydrogens is 176 g/mol. The molecule has 3 fully saturated rings. The van der Waals surface area contributed by atoms with Crippen LogP contribution in [0.2, 0.25) is 0 Å². The maximum atomic E-state index is 12.3. The number of carbonyl (C=O) groups excluding carboxylic acids is 2. The zero-order chi connectivity index (χ0) is 10.6. The molecule has 0 aromatic heterocycles. The Labute approximate surface area is 84.1 Å². The van der Waals surface area contributed by atoms with E-state index in [9.17, 15) is 9.59 Å². The van der Waals surface area contributed by atoms with Crippen molar-refractivity contribution in [3.63, 3.8) is 0 Å². The second-order valence-electron chi connectivity index (χ2n) is 6.34. The van der Waals surface area contributed by atoms with Gasteiger partial charge >= 0.3 is 0 Å². The molecule has 0 spiro atoms. The van der Waals surface area contributed by atoms with Crippen LogP contribution in [-0.2, 0) is 9.59 Å². The van der Waals surface area contributed by atoms with Crippen molar-refractivity contribution in [1.29, 1.82) is 0 Å². The first-order chi connectivity index (χ1) is 6.22. The molecule has 0 aliphatic heterocycles. The Kier molecular flexibility index (Phi) is 0.996. The zero-order valence-electron chi connectivity index (χ0n) is 9.23. The molecule has 2 heteroatoms. The van der Waals surface area contributed by atoms with Crippen molar-refractivity contribution >= 4 is 11.6 Å². The van der Waals surface area contributed by atoms with E-state index in [0.717, 1.165) is 12.8 Å². The first-order valence-corrected chi connectivity index (χ1v) is 5.32. The van der Waals surface area contributed by atoms with Gasteiger partial charge in [-0.3, -0.25) is 9.59 Å². The van der Waals surface area contributed by atoms with Gasteiger partial charge in [-0.1, -0.05) is 27.7 Å². The van der Waals surface area contributed by atoms with Gasteiger partial charge in [-0.2, -0.15) is 0 Å². The third-order valence-electron chi connectivity index (χ3n) is 5.60. The summed E-state index contributed by atoms with van der Waals surface area (Å²) in [7, 11) is 0. The van der Waals surface area contributed by atoms with Crippen molar-refractivity contribution in [2.75, 3.05) is 0 Å². The third kappa shape index (κ3) is 0.498. The minimum atomic E-state index is -0.325. The summed E-state index contributed by atoms with van der Waals surface area (Å²) in [4.78, 5) is 24.5. The monoisotopic (exact) mass is 192 g/mol. The summed E-state index contributed by atoms with van der Waals surface area (Å²) in [6.07, 6.45) is 1.56. The molecule has 0 amide bonds. The Bertz CT molecular complexity index is 329. The van der Waals surface area contributed by atoms with Crippen LogP contribution in [0.5, 0.6) is 0 Å². The van der Waals surface area contributed by atoms with E-state index in [2.05, 4.69) is 0 Å². The maximum absolute atomic E-state index is 12.3. The smallest absolute Gasteiger partial charge is 0.146 e. The lowest BCUT2D eigenvalue weighted by atomic mass is 9.69. The second kappa shape index (κ2) is 1.62. The van der Waals surface area contributed by atoms with E-state index in [-0.39, 0.29) is 21.7 Å². The summed E-state index contributed by atoms with van der Waals surface area (Å²) in [6.45, 7) is 7.87. The van der Waals surface area contributed by atoms with Gasteiger partial charge in [0, 0.05) is 21.7 Å². The Balaban J connectivity index is 2.19. The van der Waals surface area contributed by atoms with Gasteiger partial charge in [0.2, 0.25) is 0 Å². The largest absolute Gasteiger partial charge is 0.298 e. The van der Waals surface area contributed by atoms with Crippen LogP contribution in [0, 0.1) is 21.7 Å². The molecule has 4 atom stereocenters. The van der Waals surface area contributed by atoms with E-state index in [0.29, 0.717) is 11.6 Å². The lowest BCUT2D eigenvalue weighted by Gasteiger charge is -2.31. The van der Waals surface area contributed by atoms with E-state index in [1.165, 1.54) is 0 Å². The van der Waals surface area contributed by atoms with Crippen molar-refractivity contribution < 1.29 is 9.59 Å². The van der Waals surface area contributed by atoms with E-state index in [1.54, 1.807) is 0 Å². The van der Waals surface area contributed by atoms with E-state index < -0.39 is 0 Å². The SMILES string of the molecule is CC12CC1(C)C(=O)C1(C)CC1(C)C2=O. The van der Waals surface area contributed by atoms with Crippen LogP contribution >= 0.6 is 0 Å². The molecule has 3 rings (SSSR count). The van der Waals surface area contributed by atoms with Gasteiger partial charge in [0.25, 0.3) is 0 Å². The van der Waals surface area contributed by atoms with E-state index >= 15 is 0 Å². The number of Topliss-reactive ketones (excluding diaryl/α,β-unsaturated/α-hetero) is 2. The molecule has 0 aromatic rings. The highest BCUT2D eigenvalue weighted by molar-refractivity contribution is 6.15. The van der Waals surface area contributed by atoms with Crippen LogP contribution in [0.3, 0.4) is 0 Å². The lowest BCUT2D eigenvalue weighted by molar-refractivity contribution is -0.144. The van der Waals surface area contributed by atoms with Gasteiger partial charge < -0.3 is 0 Å². The molecule has 0 N–H and O–H groups in total. The number of hydrogen-bond donors (Lipinski definition) is 0. The molecule has 0 bridgehead atoms. The predicted octanol–water partition coefficient (Wildman–Crippen LogP) is 1.97. The number of fused-ring (bicyclic) bond motifs is 2. The Morgan fingerprint density at radius 1 is 0.714 bits per heavy atom. The molecule has 4 unspecified atom stereocenters. The fourth-order valence-corrected chi connectivity index (χ4v) is 3.87. The van der Waals surface area contributed by atoms with Crippen molar-refractivity contribution in [3.8, 4) is 0 Å². The number of carbonyl (C=O) groups is 2. The quantitative estimate of drug-likeness (QED) is 0.588. The summed E-state index contributed by atoms with van der Waals surface area (Å²) in [5, 5.41) is 0. The maximum Gasteiger partial charge on any atom is 0.146 e. The van der Waals surface area contributed by atoms with Gasteiger partial charge in [-0.25, -0.2) is 0 Å². The topological polar surface area (TPSA) is 34.1 Å². The molecule has 3 aliphatic rings. The Morgan fingerprint density at radius 2 is 0.929 bits per heavy atom. The van der Waals surface area contributed by atoms with Crippen LogP contribution in [0.1, 0.15) is 40.5 Å². The molecule has 0 saturated heterocycles. The molecule has 2 nitrogen and oxygen atoms in total. The van der Waals surface area contributed by atoms with Crippen LogP contribution in [0.15, 0.2) is 0 Å². The average Bonchev–Trinajstić information content (AvgIpc) is 2.87. The minimum absolute atomic E-state index is 0.325. The first-order valence-electron chi connectivity index (χ1n) is 5.32. The lowest BCUT2D eigenvalue weighted by Crippen LogP contribution is -2.42. The van der Waals surface area contributed by atoms with Crippen LogP contribution in [-0.4, -0.2) is 11.6 Å². The van der Waals surface area contributed by atoms with Crippen molar-refractivity contribution in [1.82, 2.24) is 0 Å². The zero-order valence-corrected chi connectivity index (χ0v) is 9.23. The van der Waals surface area contributed by atoms with Crippen LogP contribution in [0.4, 0.5) is 0 Å². The van der Waals surface area contributed by atoms with Crippen LogP contribution in [0.25, 0.3) is 0 Å². The summed E-state index contributed by atoms with van der Waals surface area (Å²) < 4.78 is 0. The fraction of sp³-hybridized carbons (Fsp3) is 0.833. The summed E-state index contributed by atoms with van der Waals surface area (Å²) in [6, 6.07) is 0. The molecular formula is C12H16O2. The highest BCUT2D eigenvalue weighted by Crippen LogP contribution is 2.82. The standard InChI is InChI=1S/C12H16O2/c1-9-5-10(9,2)8(14)12(4)6-11(12,3)7(9)13/h5-6H2,1-4H3. The first kappa shape index (κ1) is 8.63. The van der Waals surface area contributed by atoms with Crippen molar-refractivity contribution in [3.05, 3.63) is 0 Å².